The molecule has 0 aliphatic carbocycles. The maximum Gasteiger partial charge on any atom is 2.00 e. The molecule has 0 fully saturated rings. The van der Waals surface area contributed by atoms with Gasteiger partial charge in [-0.15, -0.1) is 0 Å². The van der Waals surface area contributed by atoms with E-state index in [1.165, 1.54) is 0 Å². The van der Waals surface area contributed by atoms with Crippen LogP contribution in [0.5, 0.6) is 11.5 Å². The Morgan fingerprint density at radius 3 is 1.24 bits per heavy atom. The first kappa shape index (κ1) is 23.9. The summed E-state index contributed by atoms with van der Waals surface area (Å²) in [7, 11) is -7.29. The van der Waals surface area contributed by atoms with Gasteiger partial charge in [0.1, 0.15) is 11.5 Å². The largest absolute Gasteiger partial charge is 2.00 e. The Labute approximate surface area is 158 Å². The molecule has 2 rings (SSSR count). The fourth-order valence-corrected chi connectivity index (χ4v) is 2.56. The molecular weight excluding hydrogens is 409 g/mol. The van der Waals surface area contributed by atoms with Gasteiger partial charge in [-0.25, -0.2) is 0 Å². The van der Waals surface area contributed by atoms with Gasteiger partial charge < -0.3 is 18.8 Å². The Kier molecular flexibility index (Phi) is 11.0. The standard InChI is InChI=1S/2C8H11O3P.Co/c2*1-2-12(9,10)11-8-6-4-3-5-7-8;/h2*3-7H,2H2,1H3,(H,9,10);/q;;+2/p-2. The van der Waals surface area contributed by atoms with Gasteiger partial charge in [0.25, 0.3) is 0 Å². The number of hydrogen-bond acceptors (Lipinski definition) is 6. The Balaban J connectivity index is 0.000000443. The summed E-state index contributed by atoms with van der Waals surface area (Å²) in [5, 5.41) is 0. The molecule has 0 N–H and O–H groups in total. The minimum atomic E-state index is -3.65. The van der Waals surface area contributed by atoms with Gasteiger partial charge in [0.2, 0.25) is 0 Å². The summed E-state index contributed by atoms with van der Waals surface area (Å²) < 4.78 is 31.5. The minimum absolute atomic E-state index is 0. The second kappa shape index (κ2) is 11.5. The first-order chi connectivity index (χ1) is 11.3. The third-order valence-electron chi connectivity index (χ3n) is 2.75. The zero-order valence-electron chi connectivity index (χ0n) is 13.9. The summed E-state index contributed by atoms with van der Waals surface area (Å²) in [6.45, 7) is 3.10. The molecule has 0 aliphatic heterocycles. The second-order valence-corrected chi connectivity index (χ2v) is 8.74. The molecule has 1 radical (unpaired) electrons. The van der Waals surface area contributed by atoms with E-state index in [9.17, 15) is 18.9 Å². The van der Waals surface area contributed by atoms with Gasteiger partial charge in [-0.05, 0) is 24.3 Å². The van der Waals surface area contributed by atoms with Crippen molar-refractivity contribution < 1.29 is 44.7 Å². The average Bonchev–Trinajstić information content (AvgIpc) is 2.57. The topological polar surface area (TPSA) is 98.7 Å². The molecule has 0 amide bonds. The molecule has 0 saturated carbocycles. The van der Waals surface area contributed by atoms with Crippen LogP contribution in [-0.4, -0.2) is 12.3 Å². The fourth-order valence-electron chi connectivity index (χ4n) is 1.41. The van der Waals surface area contributed by atoms with Crippen LogP contribution in [0.15, 0.2) is 60.7 Å². The Morgan fingerprint density at radius 1 is 0.720 bits per heavy atom. The molecule has 0 spiro atoms. The van der Waals surface area contributed by atoms with Crippen molar-refractivity contribution >= 4 is 15.2 Å². The zero-order valence-corrected chi connectivity index (χ0v) is 16.7. The van der Waals surface area contributed by atoms with Crippen molar-refractivity contribution in [3.63, 3.8) is 0 Å². The van der Waals surface area contributed by atoms with Crippen LogP contribution < -0.4 is 18.8 Å². The van der Waals surface area contributed by atoms with Crippen LogP contribution in [0, 0.1) is 0 Å². The van der Waals surface area contributed by atoms with Crippen LogP contribution in [0.25, 0.3) is 0 Å². The zero-order chi connectivity index (χ0) is 18.1. The van der Waals surface area contributed by atoms with Crippen molar-refractivity contribution in [2.45, 2.75) is 13.8 Å². The van der Waals surface area contributed by atoms with E-state index in [4.69, 9.17) is 9.05 Å². The van der Waals surface area contributed by atoms with Crippen LogP contribution in [-0.2, 0) is 25.9 Å². The average molecular weight is 429 g/mol. The normalized spacial score (nSPS) is 14.6. The quantitative estimate of drug-likeness (QED) is 0.654. The van der Waals surface area contributed by atoms with Gasteiger partial charge in [-0.3, -0.25) is 9.13 Å². The summed E-state index contributed by atoms with van der Waals surface area (Å²) in [5.74, 6) is 0.746. The molecule has 2 atom stereocenters. The minimum Gasteiger partial charge on any atom is -0.769 e. The van der Waals surface area contributed by atoms with Gasteiger partial charge in [-0.1, -0.05) is 50.2 Å². The molecule has 0 aromatic heterocycles. The van der Waals surface area contributed by atoms with E-state index in [1.54, 1.807) is 74.5 Å². The van der Waals surface area contributed by atoms with Crippen molar-refractivity contribution in [3.8, 4) is 11.5 Å². The third kappa shape index (κ3) is 10.5. The predicted octanol–water partition coefficient (Wildman–Crippen LogP) is 3.27. The maximum atomic E-state index is 11.0. The van der Waals surface area contributed by atoms with E-state index in [1.807, 2.05) is 0 Å². The van der Waals surface area contributed by atoms with Crippen LogP contribution in [0.2, 0.25) is 0 Å². The van der Waals surface area contributed by atoms with Gasteiger partial charge in [0, 0.05) is 12.3 Å². The van der Waals surface area contributed by atoms with E-state index < -0.39 is 15.2 Å². The van der Waals surface area contributed by atoms with E-state index in [2.05, 4.69) is 0 Å². The van der Waals surface area contributed by atoms with Gasteiger partial charge >= 0.3 is 16.8 Å². The van der Waals surface area contributed by atoms with E-state index in [0.717, 1.165) is 0 Å². The predicted molar refractivity (Wildman–Crippen MR) is 90.4 cm³/mol. The Bertz CT molecular complexity index is 635. The first-order valence-corrected chi connectivity index (χ1v) is 10.8. The molecule has 9 heteroatoms. The summed E-state index contributed by atoms with van der Waals surface area (Å²) in [5.41, 5.74) is 0. The van der Waals surface area contributed by atoms with Gasteiger partial charge in [-0.2, -0.15) is 0 Å². The Morgan fingerprint density at radius 2 is 1.00 bits per heavy atom. The summed E-state index contributed by atoms with van der Waals surface area (Å²) in [4.78, 5) is 21.9. The molecule has 0 saturated heterocycles. The molecular formula is C16H20CoO6P2. The number of rotatable bonds is 6. The second-order valence-electron chi connectivity index (χ2n) is 4.66. The summed E-state index contributed by atoms with van der Waals surface area (Å²) >= 11 is 0. The van der Waals surface area contributed by atoms with Crippen LogP contribution in [0.4, 0.5) is 0 Å². The van der Waals surface area contributed by atoms with E-state index in [-0.39, 0.29) is 29.1 Å². The molecule has 0 aliphatic rings. The molecule has 0 bridgehead atoms. The smallest absolute Gasteiger partial charge is 0.769 e. The molecule has 139 valence electrons. The number of benzene rings is 2. The monoisotopic (exact) mass is 429 g/mol. The number of hydrogen-bond donors (Lipinski definition) is 0. The van der Waals surface area contributed by atoms with Crippen molar-refractivity contribution in [1.29, 1.82) is 0 Å². The van der Waals surface area contributed by atoms with Crippen LogP contribution >= 0.6 is 15.2 Å². The van der Waals surface area contributed by atoms with Crippen molar-refractivity contribution in [3.05, 3.63) is 60.7 Å². The van der Waals surface area contributed by atoms with Crippen molar-refractivity contribution in [2.24, 2.45) is 0 Å². The Hall–Kier alpha value is -1.07. The van der Waals surface area contributed by atoms with Crippen LogP contribution in [0.1, 0.15) is 13.8 Å². The first-order valence-electron chi connectivity index (χ1n) is 7.37. The van der Waals surface area contributed by atoms with Gasteiger partial charge in [0.15, 0.2) is 15.2 Å². The van der Waals surface area contributed by atoms with Gasteiger partial charge in [0.05, 0.1) is 0 Å². The summed E-state index contributed by atoms with van der Waals surface area (Å²) in [6, 6.07) is 17.0. The molecule has 2 aromatic carbocycles. The van der Waals surface area contributed by atoms with E-state index >= 15 is 0 Å². The third-order valence-corrected chi connectivity index (χ3v) is 5.28. The van der Waals surface area contributed by atoms with Crippen LogP contribution in [0.3, 0.4) is 0 Å². The molecule has 2 unspecified atom stereocenters. The van der Waals surface area contributed by atoms with Crippen molar-refractivity contribution in [1.82, 2.24) is 0 Å². The van der Waals surface area contributed by atoms with Crippen molar-refractivity contribution in [2.75, 3.05) is 12.3 Å². The maximum absolute atomic E-state index is 11.0. The van der Waals surface area contributed by atoms with E-state index in [0.29, 0.717) is 11.5 Å². The fraction of sp³-hybridized carbons (Fsp3) is 0.250. The molecule has 2 aromatic rings. The summed E-state index contributed by atoms with van der Waals surface area (Å²) in [6.07, 6.45) is 0.0315. The SMILES string of the molecule is CCP(=O)([O-])Oc1ccccc1.CCP(=O)([O-])Oc1ccccc1.[Co+2]. The number of para-hydroxylation sites is 2. The molecule has 0 heterocycles. The molecule has 25 heavy (non-hydrogen) atoms. The molecule has 6 nitrogen and oxygen atoms in total.